The van der Waals surface area contributed by atoms with Crippen LogP contribution in [-0.2, 0) is 26.1 Å². The second-order valence-corrected chi connectivity index (χ2v) is 13.1. The minimum absolute atomic E-state index is 0.106. The van der Waals surface area contributed by atoms with E-state index in [4.69, 9.17) is 24.9 Å². The van der Waals surface area contributed by atoms with Crippen molar-refractivity contribution in [3.63, 3.8) is 0 Å². The molecule has 0 unspecified atom stereocenters. The van der Waals surface area contributed by atoms with E-state index in [0.29, 0.717) is 82.4 Å². The molecule has 0 saturated carbocycles. The summed E-state index contributed by atoms with van der Waals surface area (Å²) in [6.45, 7) is 13.9. The number of hydrogen-bond donors (Lipinski definition) is 4. The first-order valence-corrected chi connectivity index (χ1v) is 19.9. The average molecular weight is 820 g/mol. The molecule has 2 amide bonds. The van der Waals surface area contributed by atoms with Gasteiger partial charge in [0.1, 0.15) is 40.1 Å². The van der Waals surface area contributed by atoms with Crippen LogP contribution in [0, 0.1) is 13.8 Å². The number of anilines is 1. The first kappa shape index (κ1) is 44.3. The number of nitrogens with zero attached hydrogens (tertiary/aromatic N) is 9. The number of nitrogens with two attached hydrogens (primary N) is 2. The van der Waals surface area contributed by atoms with Crippen molar-refractivity contribution in [2.24, 2.45) is 11.5 Å². The molecule has 0 atom stereocenters. The second kappa shape index (κ2) is 20.3. The van der Waals surface area contributed by atoms with Gasteiger partial charge in [-0.05, 0) is 77.7 Å². The molecule has 7 aromatic rings. The summed E-state index contributed by atoms with van der Waals surface area (Å²) in [4.78, 5) is 61.0. The minimum atomic E-state index is -0.641. The maximum atomic E-state index is 13.6. The van der Waals surface area contributed by atoms with Gasteiger partial charge in [0.2, 0.25) is 11.7 Å². The van der Waals surface area contributed by atoms with Crippen molar-refractivity contribution in [1.29, 1.82) is 0 Å². The van der Waals surface area contributed by atoms with Gasteiger partial charge in [-0.1, -0.05) is 32.9 Å². The van der Waals surface area contributed by atoms with Crippen LogP contribution < -0.4 is 26.8 Å². The molecule has 6 heterocycles. The number of aldehydes is 1. The molecule has 0 radical (unpaired) electrons. The molecule has 18 heteroatoms. The molecule has 6 N–H and O–H groups in total. The van der Waals surface area contributed by atoms with E-state index < -0.39 is 11.8 Å². The predicted molar refractivity (Wildman–Crippen MR) is 231 cm³/mol. The van der Waals surface area contributed by atoms with Crippen LogP contribution in [-0.4, -0.2) is 89.2 Å². The van der Waals surface area contributed by atoms with Gasteiger partial charge in [0.25, 0.3) is 11.8 Å². The zero-order valence-electron chi connectivity index (χ0n) is 35.4. The number of carbonyl (C=O) groups is 3. The van der Waals surface area contributed by atoms with Crippen LogP contribution in [0.5, 0.6) is 5.75 Å². The summed E-state index contributed by atoms with van der Waals surface area (Å²) in [5, 5.41) is 11.2. The summed E-state index contributed by atoms with van der Waals surface area (Å²) in [6, 6.07) is 8.66. The molecule has 18 nitrogen and oxygen atoms in total. The molecule has 316 valence electrons. The number of primary amides is 1. The smallest absolute Gasteiger partial charge is 0.295 e. The van der Waals surface area contributed by atoms with Crippen LogP contribution in [0.3, 0.4) is 0 Å². The summed E-state index contributed by atoms with van der Waals surface area (Å²) < 4.78 is 17.5. The quantitative estimate of drug-likeness (QED) is 0.0544. The first-order chi connectivity index (χ1) is 29.1. The molecular weight excluding hydrogens is 767 g/mol. The maximum Gasteiger partial charge on any atom is 0.295 e. The molecule has 1 aromatic carbocycles. The number of rotatable bonds is 16. The van der Waals surface area contributed by atoms with E-state index in [1.807, 2.05) is 73.7 Å². The van der Waals surface area contributed by atoms with E-state index in [2.05, 4.69) is 36.4 Å². The number of aromatic nitrogens is 9. The monoisotopic (exact) mass is 819 g/mol. The number of amides is 2. The van der Waals surface area contributed by atoms with Gasteiger partial charge in [0, 0.05) is 38.3 Å². The number of pyridine rings is 1. The highest BCUT2D eigenvalue weighted by molar-refractivity contribution is 6.06. The molecule has 0 aliphatic carbocycles. The molecule has 0 spiro atoms. The maximum absolute atomic E-state index is 13.6. The molecular formula is C42H53N13O5. The predicted octanol–water partition coefficient (Wildman–Crippen LogP) is 5.39. The average Bonchev–Trinajstić information content (AvgIpc) is 4.03. The molecule has 6 aromatic heterocycles. The van der Waals surface area contributed by atoms with Gasteiger partial charge < -0.3 is 35.1 Å². The Balaban J connectivity index is 0.00000166. The summed E-state index contributed by atoms with van der Waals surface area (Å²) in [6.07, 6.45) is 7.57. The van der Waals surface area contributed by atoms with Crippen LogP contribution >= 0.6 is 0 Å². The zero-order valence-corrected chi connectivity index (χ0v) is 35.4. The first-order valence-electron chi connectivity index (χ1n) is 19.9. The van der Waals surface area contributed by atoms with Crippen LogP contribution in [0.2, 0.25) is 0 Å². The van der Waals surface area contributed by atoms with E-state index in [1.54, 1.807) is 37.4 Å². The molecule has 60 heavy (non-hydrogen) atoms. The Morgan fingerprint density at radius 2 is 1.73 bits per heavy atom. The van der Waals surface area contributed by atoms with Crippen molar-refractivity contribution in [2.75, 3.05) is 32.6 Å². The van der Waals surface area contributed by atoms with Crippen molar-refractivity contribution >= 4 is 57.1 Å². The summed E-state index contributed by atoms with van der Waals surface area (Å²) in [5.74, 6) is 0.528. The molecule has 7 rings (SSSR count). The lowest BCUT2D eigenvalue weighted by atomic mass is 10.2. The SMILES string of the molecule is CC.CCc1nc(C)oc1C(=O)Nc1nc2cc(C=O)cc(OCCCNC)c2n1C/C=C/Cn1c2ccc(C(N)=O)nc2c2cnc(-c3cc(C)nn3CC)nc21.CN. The Morgan fingerprint density at radius 1 is 0.983 bits per heavy atom. The zero-order chi connectivity index (χ0) is 43.5. The number of imidazole rings is 1. The Bertz CT molecular complexity index is 2650. The fraction of sp³-hybridized carbons (Fsp3) is 0.357. The highest BCUT2D eigenvalue weighted by Gasteiger charge is 2.23. The number of nitrogens with one attached hydrogen (secondary N) is 2. The lowest BCUT2D eigenvalue weighted by molar-refractivity contribution is 0.0986. The van der Waals surface area contributed by atoms with Gasteiger partial charge in [-0.2, -0.15) is 5.10 Å². The third-order valence-electron chi connectivity index (χ3n) is 9.23. The fourth-order valence-electron chi connectivity index (χ4n) is 6.68. The van der Waals surface area contributed by atoms with Gasteiger partial charge in [0.15, 0.2) is 11.7 Å². The Morgan fingerprint density at radius 3 is 2.42 bits per heavy atom. The molecule has 0 fully saturated rings. The second-order valence-electron chi connectivity index (χ2n) is 13.1. The Labute approximate surface area is 347 Å². The number of ether oxygens (including phenoxy) is 1. The van der Waals surface area contributed by atoms with Gasteiger partial charge in [0.05, 0.1) is 34.4 Å². The molecule has 0 aliphatic rings. The summed E-state index contributed by atoms with van der Waals surface area (Å²) >= 11 is 0. The Kier molecular flexibility index (Phi) is 15.0. The van der Waals surface area contributed by atoms with Gasteiger partial charge in [-0.3, -0.25) is 24.4 Å². The van der Waals surface area contributed by atoms with E-state index in [0.717, 1.165) is 36.2 Å². The van der Waals surface area contributed by atoms with Crippen molar-refractivity contribution in [2.45, 2.75) is 74.0 Å². The highest BCUT2D eigenvalue weighted by Crippen LogP contribution is 2.32. The number of benzene rings is 1. The number of hydrogen-bond acceptors (Lipinski definition) is 13. The van der Waals surface area contributed by atoms with E-state index in [1.165, 1.54) is 7.05 Å². The van der Waals surface area contributed by atoms with Crippen LogP contribution in [0.4, 0.5) is 5.95 Å². The van der Waals surface area contributed by atoms with Crippen LogP contribution in [0.25, 0.3) is 44.6 Å². The highest BCUT2D eigenvalue weighted by atomic mass is 16.5. The number of aryl methyl sites for hydroxylation is 4. The number of oxazole rings is 1. The molecule has 0 aliphatic heterocycles. The number of carbonyl (C=O) groups excluding carboxylic acids is 3. The van der Waals surface area contributed by atoms with Gasteiger partial charge in [-0.25, -0.2) is 24.9 Å². The lowest BCUT2D eigenvalue weighted by Gasteiger charge is -2.12. The van der Waals surface area contributed by atoms with Crippen molar-refractivity contribution in [3.8, 4) is 17.3 Å². The van der Waals surface area contributed by atoms with Crippen molar-refractivity contribution in [1.82, 2.24) is 49.2 Å². The third-order valence-corrected chi connectivity index (χ3v) is 9.23. The van der Waals surface area contributed by atoms with E-state index in [-0.39, 0.29) is 23.9 Å². The normalized spacial score (nSPS) is 11.2. The van der Waals surface area contributed by atoms with Crippen LogP contribution in [0.15, 0.2) is 53.1 Å². The number of fused-ring (bicyclic) bond motifs is 4. The largest absolute Gasteiger partial charge is 0.491 e. The van der Waals surface area contributed by atoms with Crippen LogP contribution in [0.1, 0.15) is 82.8 Å². The fourth-order valence-corrected chi connectivity index (χ4v) is 6.68. The summed E-state index contributed by atoms with van der Waals surface area (Å²) in [5.41, 5.74) is 15.7. The van der Waals surface area contributed by atoms with Gasteiger partial charge >= 0.3 is 0 Å². The van der Waals surface area contributed by atoms with Crippen molar-refractivity contribution in [3.05, 3.63) is 83.0 Å². The van der Waals surface area contributed by atoms with Gasteiger partial charge in [-0.15, -0.1) is 0 Å². The third kappa shape index (κ3) is 9.24. The summed E-state index contributed by atoms with van der Waals surface area (Å²) in [7, 11) is 3.37. The molecule has 0 bridgehead atoms. The molecule has 0 saturated heterocycles. The van der Waals surface area contributed by atoms with E-state index in [9.17, 15) is 14.4 Å². The van der Waals surface area contributed by atoms with Crippen molar-refractivity contribution < 1.29 is 23.5 Å². The minimum Gasteiger partial charge on any atom is -0.491 e. The van der Waals surface area contributed by atoms with E-state index >= 15 is 0 Å². The topological polar surface area (TPSA) is 242 Å². The lowest BCUT2D eigenvalue weighted by Crippen LogP contribution is -2.17. The number of allylic oxidation sites excluding steroid dienone is 2. The Hall–Kier alpha value is -6.79. The standard InChI is InChI=1S/C39H42N12O5.C2H6.CH5N/c1-6-26-34(56-23(4)43-26)38(54)47-39-45-28-18-24(21-52)19-31(55-16-10-13-41-5)33(28)50(39)15-9-8-14-49-29-12-11-27(35(40)53)44-32(29)25-20-42-36(46-37(25)49)30-17-22(3)48-51(30)7-2;2*1-2/h8-9,11-12,17-21,41H,6-7,10,13-16H2,1-5H3,(H2,40,53)(H,45,47,54);1-2H3;2H2,1H3/b9-8+;;.